The van der Waals surface area contributed by atoms with E-state index in [4.69, 9.17) is 4.74 Å². The van der Waals surface area contributed by atoms with Gasteiger partial charge in [0, 0.05) is 28.9 Å². The lowest BCUT2D eigenvalue weighted by molar-refractivity contribution is 0.0852. The molecule has 92 valence electrons. The minimum absolute atomic E-state index is 0.257. The Hall–Kier alpha value is -0.380. The van der Waals surface area contributed by atoms with Crippen LogP contribution >= 0.6 is 11.3 Å². The first-order valence-electron chi connectivity index (χ1n) is 5.87. The van der Waals surface area contributed by atoms with Gasteiger partial charge in [-0.15, -0.1) is 11.3 Å². The SMILES string of the molecule is COC(C)C(C)NC(C)Cc1ccc(C)s1. The van der Waals surface area contributed by atoms with Crippen LogP contribution in [0.3, 0.4) is 0 Å². The van der Waals surface area contributed by atoms with Crippen molar-refractivity contribution in [2.75, 3.05) is 7.11 Å². The summed E-state index contributed by atoms with van der Waals surface area (Å²) in [5, 5.41) is 3.57. The minimum atomic E-state index is 0.257. The summed E-state index contributed by atoms with van der Waals surface area (Å²) in [6.07, 6.45) is 1.35. The molecule has 0 aliphatic rings. The van der Waals surface area contributed by atoms with Crippen molar-refractivity contribution in [1.29, 1.82) is 0 Å². The van der Waals surface area contributed by atoms with Crippen LogP contribution in [0.1, 0.15) is 30.5 Å². The predicted octanol–water partition coefficient (Wildman–Crippen LogP) is 3.00. The standard InChI is InChI=1S/C13H23NOS/c1-9(14-11(3)12(4)15-5)8-13-7-6-10(2)16-13/h6-7,9,11-12,14H,8H2,1-5H3. The number of methoxy groups -OCH3 is 1. The fourth-order valence-electron chi connectivity index (χ4n) is 1.74. The lowest BCUT2D eigenvalue weighted by atomic mass is 10.1. The van der Waals surface area contributed by atoms with Crippen molar-refractivity contribution in [3.8, 4) is 0 Å². The maximum absolute atomic E-state index is 5.31. The van der Waals surface area contributed by atoms with E-state index in [1.807, 2.05) is 11.3 Å². The Labute approximate surface area is 103 Å². The van der Waals surface area contributed by atoms with Crippen LogP contribution in [-0.2, 0) is 11.2 Å². The Morgan fingerprint density at radius 1 is 1.31 bits per heavy atom. The summed E-state index contributed by atoms with van der Waals surface area (Å²) in [6, 6.07) is 5.29. The molecule has 3 unspecified atom stereocenters. The zero-order valence-electron chi connectivity index (χ0n) is 10.9. The summed E-state index contributed by atoms with van der Waals surface area (Å²) in [7, 11) is 1.76. The van der Waals surface area contributed by atoms with E-state index in [2.05, 4.69) is 45.1 Å². The molecule has 0 saturated carbocycles. The molecule has 0 aliphatic carbocycles. The van der Waals surface area contributed by atoms with Crippen LogP contribution < -0.4 is 5.32 Å². The Balaban J connectivity index is 2.38. The van der Waals surface area contributed by atoms with Gasteiger partial charge in [-0.05, 0) is 46.2 Å². The highest BCUT2D eigenvalue weighted by Crippen LogP contribution is 2.17. The number of aryl methyl sites for hydroxylation is 1. The van der Waals surface area contributed by atoms with Crippen molar-refractivity contribution >= 4 is 11.3 Å². The molecule has 16 heavy (non-hydrogen) atoms. The minimum Gasteiger partial charge on any atom is -0.380 e. The maximum Gasteiger partial charge on any atom is 0.0693 e. The topological polar surface area (TPSA) is 21.3 Å². The monoisotopic (exact) mass is 241 g/mol. The van der Waals surface area contributed by atoms with Crippen LogP contribution in [-0.4, -0.2) is 25.3 Å². The van der Waals surface area contributed by atoms with Gasteiger partial charge in [0.25, 0.3) is 0 Å². The number of hydrogen-bond donors (Lipinski definition) is 1. The molecule has 1 heterocycles. The van der Waals surface area contributed by atoms with Gasteiger partial charge in [0.05, 0.1) is 6.10 Å². The van der Waals surface area contributed by atoms with E-state index in [9.17, 15) is 0 Å². The van der Waals surface area contributed by atoms with Gasteiger partial charge in [0.2, 0.25) is 0 Å². The average molecular weight is 241 g/mol. The Kier molecular flexibility index (Phi) is 5.46. The van der Waals surface area contributed by atoms with Gasteiger partial charge in [-0.3, -0.25) is 0 Å². The second-order valence-electron chi connectivity index (χ2n) is 4.51. The van der Waals surface area contributed by atoms with Crippen LogP contribution in [0.25, 0.3) is 0 Å². The molecule has 0 amide bonds. The van der Waals surface area contributed by atoms with E-state index in [0.29, 0.717) is 12.1 Å². The highest BCUT2D eigenvalue weighted by molar-refractivity contribution is 7.11. The highest BCUT2D eigenvalue weighted by atomic mass is 32.1. The molecule has 0 aromatic carbocycles. The molecule has 2 nitrogen and oxygen atoms in total. The van der Waals surface area contributed by atoms with Crippen LogP contribution in [0.2, 0.25) is 0 Å². The Morgan fingerprint density at radius 2 is 2.00 bits per heavy atom. The maximum atomic E-state index is 5.31. The molecular weight excluding hydrogens is 218 g/mol. The van der Waals surface area contributed by atoms with Crippen molar-refractivity contribution in [2.24, 2.45) is 0 Å². The molecule has 1 aromatic rings. The number of rotatable bonds is 6. The summed E-state index contributed by atoms with van der Waals surface area (Å²) in [4.78, 5) is 2.84. The number of nitrogens with one attached hydrogen (secondary N) is 1. The first kappa shape index (κ1) is 13.7. The van der Waals surface area contributed by atoms with Crippen molar-refractivity contribution < 1.29 is 4.74 Å². The molecule has 0 saturated heterocycles. The molecule has 1 rings (SSSR count). The van der Waals surface area contributed by atoms with Gasteiger partial charge in [-0.25, -0.2) is 0 Å². The third-order valence-electron chi connectivity index (χ3n) is 2.93. The predicted molar refractivity (Wildman–Crippen MR) is 71.3 cm³/mol. The normalized spacial score (nSPS) is 17.1. The lowest BCUT2D eigenvalue weighted by Gasteiger charge is -2.24. The molecule has 0 fully saturated rings. The van der Waals surface area contributed by atoms with Gasteiger partial charge in [0.15, 0.2) is 0 Å². The summed E-state index contributed by atoms with van der Waals surface area (Å²) in [5.41, 5.74) is 0. The molecule has 0 bridgehead atoms. The van der Waals surface area contributed by atoms with Gasteiger partial charge < -0.3 is 10.1 Å². The zero-order valence-corrected chi connectivity index (χ0v) is 11.7. The summed E-state index contributed by atoms with van der Waals surface area (Å²) < 4.78 is 5.31. The smallest absolute Gasteiger partial charge is 0.0693 e. The highest BCUT2D eigenvalue weighted by Gasteiger charge is 2.14. The van der Waals surface area contributed by atoms with Crippen molar-refractivity contribution in [2.45, 2.75) is 52.3 Å². The molecular formula is C13H23NOS. The number of ether oxygens (including phenoxy) is 1. The van der Waals surface area contributed by atoms with Crippen molar-refractivity contribution in [3.63, 3.8) is 0 Å². The number of hydrogen-bond acceptors (Lipinski definition) is 3. The second kappa shape index (κ2) is 6.38. The fraction of sp³-hybridized carbons (Fsp3) is 0.692. The third-order valence-corrected chi connectivity index (χ3v) is 3.95. The van der Waals surface area contributed by atoms with E-state index in [1.165, 1.54) is 9.75 Å². The molecule has 1 aromatic heterocycles. The first-order valence-corrected chi connectivity index (χ1v) is 6.68. The average Bonchev–Trinajstić information content (AvgIpc) is 2.62. The molecule has 0 radical (unpaired) electrons. The van der Waals surface area contributed by atoms with Gasteiger partial charge in [-0.2, -0.15) is 0 Å². The number of thiophene rings is 1. The van der Waals surface area contributed by atoms with Gasteiger partial charge in [-0.1, -0.05) is 0 Å². The largest absolute Gasteiger partial charge is 0.380 e. The second-order valence-corrected chi connectivity index (χ2v) is 5.89. The van der Waals surface area contributed by atoms with Crippen LogP contribution in [0.15, 0.2) is 12.1 Å². The summed E-state index contributed by atoms with van der Waals surface area (Å²) in [6.45, 7) is 8.65. The lowest BCUT2D eigenvalue weighted by Crippen LogP contribution is -2.42. The van der Waals surface area contributed by atoms with E-state index in [-0.39, 0.29) is 6.10 Å². The van der Waals surface area contributed by atoms with Crippen LogP contribution in [0.4, 0.5) is 0 Å². The molecule has 0 aliphatic heterocycles. The molecule has 3 atom stereocenters. The quantitative estimate of drug-likeness (QED) is 0.826. The molecule has 3 heteroatoms. The van der Waals surface area contributed by atoms with E-state index >= 15 is 0 Å². The van der Waals surface area contributed by atoms with Crippen molar-refractivity contribution in [3.05, 3.63) is 21.9 Å². The fourth-order valence-corrected chi connectivity index (χ4v) is 2.76. The third kappa shape index (κ3) is 4.24. The van der Waals surface area contributed by atoms with E-state index in [0.717, 1.165) is 6.42 Å². The van der Waals surface area contributed by atoms with Crippen molar-refractivity contribution in [1.82, 2.24) is 5.32 Å². The van der Waals surface area contributed by atoms with E-state index < -0.39 is 0 Å². The summed E-state index contributed by atoms with van der Waals surface area (Å²) >= 11 is 1.89. The molecule has 1 N–H and O–H groups in total. The van der Waals surface area contributed by atoms with Gasteiger partial charge >= 0.3 is 0 Å². The summed E-state index contributed by atoms with van der Waals surface area (Å²) in [5.74, 6) is 0. The first-order chi connectivity index (χ1) is 7.52. The Bertz CT molecular complexity index is 311. The van der Waals surface area contributed by atoms with E-state index in [1.54, 1.807) is 7.11 Å². The molecule has 0 spiro atoms. The van der Waals surface area contributed by atoms with Gasteiger partial charge in [0.1, 0.15) is 0 Å². The Morgan fingerprint density at radius 3 is 2.50 bits per heavy atom. The van der Waals surface area contributed by atoms with Crippen LogP contribution in [0, 0.1) is 6.92 Å². The zero-order chi connectivity index (χ0) is 12.1. The van der Waals surface area contributed by atoms with Crippen LogP contribution in [0.5, 0.6) is 0 Å².